The van der Waals surface area contributed by atoms with Crippen LogP contribution in [0.25, 0.3) is 0 Å². The monoisotopic (exact) mass is 449 g/mol. The second kappa shape index (κ2) is 9.03. The first-order valence-electron chi connectivity index (χ1n) is 12.0. The SMILES string of the molecule is CC1=C(C)[C@H]2[C@H](Cc3ccccc3)NC(=O)[C@]23[C@H](O)/C=C\[C@H](C)C(=O)[C@@H](C)C/C=C\[C@H]3[C@@H]1O. The summed E-state index contributed by atoms with van der Waals surface area (Å²) in [5.74, 6) is -1.55. The molecule has 0 unspecified atom stereocenters. The lowest BCUT2D eigenvalue weighted by Crippen LogP contribution is -2.57. The van der Waals surface area contributed by atoms with Gasteiger partial charge in [0.25, 0.3) is 0 Å². The molecule has 0 bridgehead atoms. The molecule has 4 rings (SSSR count). The molecule has 3 N–H and O–H groups in total. The average molecular weight is 450 g/mol. The Kier molecular flexibility index (Phi) is 6.47. The van der Waals surface area contributed by atoms with Gasteiger partial charge in [-0.15, -0.1) is 0 Å². The van der Waals surface area contributed by atoms with Gasteiger partial charge in [0.2, 0.25) is 5.91 Å². The summed E-state index contributed by atoms with van der Waals surface area (Å²) in [4.78, 5) is 26.5. The van der Waals surface area contributed by atoms with Crippen LogP contribution < -0.4 is 5.32 Å². The van der Waals surface area contributed by atoms with Crippen molar-refractivity contribution in [3.63, 3.8) is 0 Å². The van der Waals surface area contributed by atoms with Crippen LogP contribution in [0, 0.1) is 29.1 Å². The molecule has 1 aromatic carbocycles. The molecular weight excluding hydrogens is 414 g/mol. The van der Waals surface area contributed by atoms with Crippen molar-refractivity contribution in [2.75, 3.05) is 0 Å². The molecule has 1 aliphatic heterocycles. The number of hydrogen-bond acceptors (Lipinski definition) is 4. The molecule has 5 heteroatoms. The summed E-state index contributed by atoms with van der Waals surface area (Å²) < 4.78 is 0. The standard InChI is InChI=1S/C28H35NO4/c1-16-9-8-12-21-26(32)19(4)18(3)24-22(15-20-10-6-5-7-11-20)29-27(33)28(21,24)23(30)14-13-17(2)25(16)31/h5-8,10-14,16-17,21-24,26,30,32H,9,15H2,1-4H3,(H,29,33)/b12-8-,14-13-/t16-,17-,21-,22-,23+,24-,26+,28+/m0/s1. The van der Waals surface area contributed by atoms with Crippen LogP contribution in [0.4, 0.5) is 0 Å². The highest BCUT2D eigenvalue weighted by Gasteiger charge is 2.65. The highest BCUT2D eigenvalue weighted by molar-refractivity contribution is 5.89. The van der Waals surface area contributed by atoms with E-state index in [9.17, 15) is 19.8 Å². The normalized spacial score (nSPS) is 41.0. The van der Waals surface area contributed by atoms with Gasteiger partial charge in [0.1, 0.15) is 5.78 Å². The predicted octanol–water partition coefficient (Wildman–Crippen LogP) is 3.38. The van der Waals surface area contributed by atoms with E-state index >= 15 is 0 Å². The number of ketones is 1. The number of carbonyl (C=O) groups excluding carboxylic acids is 2. The Morgan fingerprint density at radius 3 is 2.39 bits per heavy atom. The molecule has 3 aliphatic rings. The zero-order valence-corrected chi connectivity index (χ0v) is 19.9. The molecular formula is C28H35NO4. The number of aliphatic hydroxyl groups is 2. The summed E-state index contributed by atoms with van der Waals surface area (Å²) in [6, 6.07) is 9.81. The molecule has 1 aromatic rings. The van der Waals surface area contributed by atoms with Crippen molar-refractivity contribution in [2.45, 2.75) is 58.8 Å². The molecule has 1 heterocycles. The third kappa shape index (κ3) is 3.81. The van der Waals surface area contributed by atoms with Crippen LogP contribution in [0.2, 0.25) is 0 Å². The van der Waals surface area contributed by atoms with Crippen LogP contribution in [0.5, 0.6) is 0 Å². The first kappa shape index (κ1) is 23.7. The minimum atomic E-state index is -1.24. The second-order valence-corrected chi connectivity index (χ2v) is 10.1. The number of Topliss-reactive ketones (excluding diaryl/α,β-unsaturated/α-hetero) is 1. The number of hydrogen-bond donors (Lipinski definition) is 3. The number of aliphatic hydroxyl groups excluding tert-OH is 2. The minimum Gasteiger partial charge on any atom is -0.388 e. The van der Waals surface area contributed by atoms with E-state index in [4.69, 9.17) is 0 Å². The molecule has 1 spiro atoms. The molecule has 176 valence electrons. The summed E-state index contributed by atoms with van der Waals surface area (Å²) in [5, 5.41) is 26.1. The molecule has 5 nitrogen and oxygen atoms in total. The van der Waals surface area contributed by atoms with Crippen molar-refractivity contribution in [1.29, 1.82) is 0 Å². The van der Waals surface area contributed by atoms with Gasteiger partial charge in [0.15, 0.2) is 0 Å². The van der Waals surface area contributed by atoms with Gasteiger partial charge in [-0.25, -0.2) is 0 Å². The Labute approximate surface area is 196 Å². The molecule has 8 atom stereocenters. The Morgan fingerprint density at radius 2 is 1.70 bits per heavy atom. The summed E-state index contributed by atoms with van der Waals surface area (Å²) >= 11 is 0. The maximum Gasteiger partial charge on any atom is 0.230 e. The molecule has 0 radical (unpaired) electrons. The van der Waals surface area contributed by atoms with Gasteiger partial charge in [-0.05, 0) is 37.8 Å². The number of benzene rings is 1. The molecule has 1 fully saturated rings. The zero-order valence-electron chi connectivity index (χ0n) is 19.9. The second-order valence-electron chi connectivity index (χ2n) is 10.1. The van der Waals surface area contributed by atoms with E-state index in [2.05, 4.69) is 5.32 Å². The van der Waals surface area contributed by atoms with E-state index in [1.54, 1.807) is 12.2 Å². The smallest absolute Gasteiger partial charge is 0.230 e. The maximum absolute atomic E-state index is 13.8. The van der Waals surface area contributed by atoms with E-state index < -0.39 is 23.5 Å². The number of amides is 1. The molecule has 2 aliphatic carbocycles. The van der Waals surface area contributed by atoms with Crippen molar-refractivity contribution < 1.29 is 19.8 Å². The van der Waals surface area contributed by atoms with Crippen molar-refractivity contribution >= 4 is 11.7 Å². The van der Waals surface area contributed by atoms with Crippen molar-refractivity contribution in [3.05, 3.63) is 71.3 Å². The molecule has 1 saturated heterocycles. The lowest BCUT2D eigenvalue weighted by atomic mass is 9.54. The van der Waals surface area contributed by atoms with Crippen LogP contribution in [0.3, 0.4) is 0 Å². The zero-order chi connectivity index (χ0) is 23.9. The molecule has 0 saturated carbocycles. The number of allylic oxidation sites excluding steroid dienone is 2. The summed E-state index contributed by atoms with van der Waals surface area (Å²) in [7, 11) is 0. The van der Waals surface area contributed by atoms with E-state index in [0.29, 0.717) is 12.8 Å². The van der Waals surface area contributed by atoms with Crippen LogP contribution in [-0.4, -0.2) is 40.2 Å². The van der Waals surface area contributed by atoms with Crippen LogP contribution in [0.1, 0.15) is 39.7 Å². The Hall–Kier alpha value is -2.50. The third-order valence-corrected chi connectivity index (χ3v) is 8.19. The van der Waals surface area contributed by atoms with Crippen LogP contribution in [-0.2, 0) is 16.0 Å². The van der Waals surface area contributed by atoms with Gasteiger partial charge in [-0.1, -0.05) is 74.1 Å². The van der Waals surface area contributed by atoms with Gasteiger partial charge in [-0.3, -0.25) is 9.59 Å². The first-order chi connectivity index (χ1) is 15.7. The Balaban J connectivity index is 1.87. The fraction of sp³-hybridized carbons (Fsp3) is 0.500. The number of rotatable bonds is 2. The molecule has 1 amide bonds. The van der Waals surface area contributed by atoms with Crippen molar-refractivity contribution in [2.24, 2.45) is 29.1 Å². The van der Waals surface area contributed by atoms with Gasteiger partial charge < -0.3 is 15.5 Å². The quantitative estimate of drug-likeness (QED) is 0.604. The summed E-state index contributed by atoms with van der Waals surface area (Å²) in [5.41, 5.74) is 1.67. The fourth-order valence-corrected chi connectivity index (χ4v) is 6.22. The third-order valence-electron chi connectivity index (χ3n) is 8.19. The van der Waals surface area contributed by atoms with E-state index in [-0.39, 0.29) is 35.5 Å². The summed E-state index contributed by atoms with van der Waals surface area (Å²) in [6.07, 6.45) is 6.26. The van der Waals surface area contributed by atoms with Gasteiger partial charge in [-0.2, -0.15) is 0 Å². The number of nitrogens with one attached hydrogen (secondary N) is 1. The molecule has 33 heavy (non-hydrogen) atoms. The van der Waals surface area contributed by atoms with Gasteiger partial charge >= 0.3 is 0 Å². The van der Waals surface area contributed by atoms with E-state index in [0.717, 1.165) is 16.7 Å². The lowest BCUT2D eigenvalue weighted by molar-refractivity contribution is -0.141. The lowest BCUT2D eigenvalue weighted by Gasteiger charge is -2.48. The topological polar surface area (TPSA) is 86.6 Å². The Bertz CT molecular complexity index is 1010. The number of carbonyl (C=O) groups is 2. The van der Waals surface area contributed by atoms with E-state index in [1.165, 1.54) is 0 Å². The average Bonchev–Trinajstić information content (AvgIpc) is 3.09. The summed E-state index contributed by atoms with van der Waals surface area (Å²) in [6.45, 7) is 7.61. The fourth-order valence-electron chi connectivity index (χ4n) is 6.22. The van der Waals surface area contributed by atoms with Gasteiger partial charge in [0.05, 0.1) is 17.6 Å². The van der Waals surface area contributed by atoms with Crippen molar-refractivity contribution in [3.8, 4) is 0 Å². The Morgan fingerprint density at radius 1 is 1.00 bits per heavy atom. The van der Waals surface area contributed by atoms with Gasteiger partial charge in [0, 0.05) is 29.7 Å². The van der Waals surface area contributed by atoms with Crippen LogP contribution >= 0.6 is 0 Å². The molecule has 0 aromatic heterocycles. The largest absolute Gasteiger partial charge is 0.388 e. The predicted molar refractivity (Wildman–Crippen MR) is 128 cm³/mol. The first-order valence-corrected chi connectivity index (χ1v) is 12.0. The minimum absolute atomic E-state index is 0.103. The maximum atomic E-state index is 13.8. The van der Waals surface area contributed by atoms with E-state index in [1.807, 2.05) is 70.2 Å². The van der Waals surface area contributed by atoms with Crippen molar-refractivity contribution in [1.82, 2.24) is 5.32 Å². The highest BCUT2D eigenvalue weighted by atomic mass is 16.3. The highest BCUT2D eigenvalue weighted by Crippen LogP contribution is 2.56. The van der Waals surface area contributed by atoms with Crippen LogP contribution in [0.15, 0.2) is 65.8 Å².